The van der Waals surface area contributed by atoms with Crippen LogP contribution in [-0.4, -0.2) is 30.1 Å². The molecule has 2 aromatic rings. The molecule has 1 saturated carbocycles. The van der Waals surface area contributed by atoms with Crippen molar-refractivity contribution in [3.63, 3.8) is 0 Å². The van der Waals surface area contributed by atoms with Crippen LogP contribution in [0.3, 0.4) is 0 Å². The Morgan fingerprint density at radius 1 is 1.08 bits per heavy atom. The lowest BCUT2D eigenvalue weighted by Crippen LogP contribution is -2.39. The van der Waals surface area contributed by atoms with Crippen molar-refractivity contribution in [2.45, 2.75) is 25.0 Å². The molecule has 0 heterocycles. The van der Waals surface area contributed by atoms with Crippen LogP contribution in [0, 0.1) is 5.92 Å². The molecule has 0 bridgehead atoms. The third-order valence-electron chi connectivity index (χ3n) is 4.69. The van der Waals surface area contributed by atoms with Gasteiger partial charge in [0.05, 0.1) is 7.11 Å². The second-order valence-corrected chi connectivity index (χ2v) is 6.57. The van der Waals surface area contributed by atoms with E-state index in [-0.39, 0.29) is 11.9 Å². The smallest absolute Gasteiger partial charge is 0.326 e. The highest BCUT2D eigenvalue weighted by Gasteiger charge is 2.58. The molecule has 0 radical (unpaired) electrons. The number of carbonyl (C=O) groups is 1. The van der Waals surface area contributed by atoms with E-state index in [0.29, 0.717) is 6.42 Å². The van der Waals surface area contributed by atoms with Gasteiger partial charge in [0, 0.05) is 25.6 Å². The van der Waals surface area contributed by atoms with E-state index in [1.54, 1.807) is 0 Å². The van der Waals surface area contributed by atoms with E-state index in [0.717, 1.165) is 19.6 Å². The van der Waals surface area contributed by atoms with Crippen molar-refractivity contribution in [2.75, 3.05) is 13.7 Å². The Bertz CT molecular complexity index is 633. The van der Waals surface area contributed by atoms with Crippen molar-refractivity contribution in [3.8, 4) is 0 Å². The summed E-state index contributed by atoms with van der Waals surface area (Å²) in [5.74, 6) is -0.149. The van der Waals surface area contributed by atoms with Crippen molar-refractivity contribution < 1.29 is 9.53 Å². The van der Waals surface area contributed by atoms with Crippen LogP contribution < -0.4 is 5.73 Å². The van der Waals surface area contributed by atoms with Crippen LogP contribution in [0.1, 0.15) is 17.5 Å². The Kier molecular flexibility index (Phi) is 4.97. The quantitative estimate of drug-likeness (QED) is 0.795. The Labute approximate surface area is 143 Å². The second-order valence-electron chi connectivity index (χ2n) is 6.57. The number of hydrogen-bond donors (Lipinski definition) is 1. The first-order valence-electron chi connectivity index (χ1n) is 8.29. The van der Waals surface area contributed by atoms with Crippen LogP contribution in [0.4, 0.5) is 0 Å². The summed E-state index contributed by atoms with van der Waals surface area (Å²) in [6, 6.07) is 20.7. The van der Waals surface area contributed by atoms with Gasteiger partial charge in [0.25, 0.3) is 0 Å². The lowest BCUT2D eigenvalue weighted by molar-refractivity contribution is -0.143. The lowest BCUT2D eigenvalue weighted by Gasteiger charge is -2.23. The summed E-state index contributed by atoms with van der Waals surface area (Å²) in [5, 5.41) is 0. The van der Waals surface area contributed by atoms with Crippen LogP contribution in [0.5, 0.6) is 0 Å². The van der Waals surface area contributed by atoms with Gasteiger partial charge < -0.3 is 10.5 Å². The largest absolute Gasteiger partial charge is 0.468 e. The lowest BCUT2D eigenvalue weighted by atomic mass is 10.1. The van der Waals surface area contributed by atoms with Gasteiger partial charge in [-0.05, 0) is 17.5 Å². The molecule has 2 atom stereocenters. The molecule has 4 heteroatoms. The van der Waals surface area contributed by atoms with Gasteiger partial charge in [-0.2, -0.15) is 0 Å². The third kappa shape index (κ3) is 3.83. The van der Waals surface area contributed by atoms with Crippen molar-refractivity contribution in [1.29, 1.82) is 0 Å². The molecule has 4 nitrogen and oxygen atoms in total. The topological polar surface area (TPSA) is 55.6 Å². The normalized spacial score (nSPS) is 22.4. The average Bonchev–Trinajstić information content (AvgIpc) is 3.27. The number of nitrogens with zero attached hydrogens (tertiary/aromatic N) is 1. The summed E-state index contributed by atoms with van der Waals surface area (Å²) in [6.45, 7) is 2.46. The molecule has 0 aromatic heterocycles. The highest BCUT2D eigenvalue weighted by Crippen LogP contribution is 2.42. The highest BCUT2D eigenvalue weighted by molar-refractivity contribution is 5.84. The summed E-state index contributed by atoms with van der Waals surface area (Å²) in [5.41, 5.74) is 7.89. The van der Waals surface area contributed by atoms with E-state index in [2.05, 4.69) is 53.4 Å². The van der Waals surface area contributed by atoms with Gasteiger partial charge in [0.15, 0.2) is 0 Å². The van der Waals surface area contributed by atoms with Gasteiger partial charge in [0.1, 0.15) is 5.54 Å². The molecule has 24 heavy (non-hydrogen) atoms. The van der Waals surface area contributed by atoms with E-state index in [4.69, 9.17) is 10.5 Å². The minimum Gasteiger partial charge on any atom is -0.468 e. The molecule has 1 aliphatic rings. The average molecular weight is 324 g/mol. The number of benzene rings is 2. The van der Waals surface area contributed by atoms with E-state index in [1.807, 2.05) is 12.1 Å². The Hall–Kier alpha value is -2.17. The van der Waals surface area contributed by atoms with Crippen molar-refractivity contribution in [3.05, 3.63) is 71.8 Å². The number of ether oxygens (including phenoxy) is 1. The zero-order valence-corrected chi connectivity index (χ0v) is 14.0. The summed E-state index contributed by atoms with van der Waals surface area (Å²) in [7, 11) is 1.40. The van der Waals surface area contributed by atoms with Crippen molar-refractivity contribution in [2.24, 2.45) is 11.7 Å². The number of carbonyl (C=O) groups excluding carboxylic acids is 1. The Balaban J connectivity index is 1.69. The van der Waals surface area contributed by atoms with Gasteiger partial charge in [-0.25, -0.2) is 0 Å². The first-order chi connectivity index (χ1) is 11.6. The van der Waals surface area contributed by atoms with Crippen LogP contribution >= 0.6 is 0 Å². The molecule has 2 aromatic carbocycles. The molecule has 0 saturated heterocycles. The highest BCUT2D eigenvalue weighted by atomic mass is 16.5. The summed E-state index contributed by atoms with van der Waals surface area (Å²) >= 11 is 0. The Morgan fingerprint density at radius 3 is 2.04 bits per heavy atom. The van der Waals surface area contributed by atoms with Gasteiger partial charge in [-0.15, -0.1) is 0 Å². The third-order valence-corrected chi connectivity index (χ3v) is 4.69. The molecule has 0 unspecified atom stereocenters. The maximum atomic E-state index is 11.8. The summed E-state index contributed by atoms with van der Waals surface area (Å²) < 4.78 is 4.84. The minimum absolute atomic E-state index is 0.150. The molecule has 0 aliphatic heterocycles. The summed E-state index contributed by atoms with van der Waals surface area (Å²) in [4.78, 5) is 14.2. The standard InChI is InChI=1S/C20H24N2O2/c1-24-19(23)20(21)12-18(20)15-22(13-16-8-4-2-5-9-16)14-17-10-6-3-7-11-17/h2-11,18H,12-15,21H2,1H3/t18-,20-/m1/s1. The molecule has 3 rings (SSSR count). The van der Waals surface area contributed by atoms with Gasteiger partial charge in [-0.3, -0.25) is 9.69 Å². The monoisotopic (exact) mass is 324 g/mol. The first kappa shape index (κ1) is 16.7. The van der Waals surface area contributed by atoms with Crippen molar-refractivity contribution >= 4 is 5.97 Å². The van der Waals surface area contributed by atoms with Gasteiger partial charge in [-0.1, -0.05) is 60.7 Å². The zero-order valence-electron chi connectivity index (χ0n) is 14.0. The molecule has 1 fully saturated rings. The van der Waals surface area contributed by atoms with E-state index in [1.165, 1.54) is 18.2 Å². The van der Waals surface area contributed by atoms with E-state index >= 15 is 0 Å². The van der Waals surface area contributed by atoms with Crippen molar-refractivity contribution in [1.82, 2.24) is 4.90 Å². The zero-order chi connectivity index (χ0) is 17.0. The van der Waals surface area contributed by atoms with Crippen LogP contribution in [-0.2, 0) is 22.6 Å². The fourth-order valence-corrected chi connectivity index (χ4v) is 3.20. The minimum atomic E-state index is -0.805. The number of hydrogen-bond acceptors (Lipinski definition) is 4. The van der Waals surface area contributed by atoms with E-state index < -0.39 is 5.54 Å². The first-order valence-corrected chi connectivity index (χ1v) is 8.29. The maximum Gasteiger partial charge on any atom is 0.326 e. The molecule has 0 amide bonds. The Morgan fingerprint density at radius 2 is 1.58 bits per heavy atom. The number of nitrogens with two attached hydrogens (primary N) is 1. The second kappa shape index (κ2) is 7.16. The summed E-state index contributed by atoms with van der Waals surface area (Å²) in [6.07, 6.45) is 0.694. The van der Waals surface area contributed by atoms with Crippen LogP contribution in [0.15, 0.2) is 60.7 Å². The molecule has 1 aliphatic carbocycles. The van der Waals surface area contributed by atoms with Gasteiger partial charge >= 0.3 is 5.97 Å². The fraction of sp³-hybridized carbons (Fsp3) is 0.350. The molecule has 2 N–H and O–H groups in total. The predicted molar refractivity (Wildman–Crippen MR) is 94.0 cm³/mol. The molecular formula is C20H24N2O2. The SMILES string of the molecule is COC(=O)[C@@]1(N)C[C@@H]1CN(Cc1ccccc1)Cc1ccccc1. The van der Waals surface area contributed by atoms with E-state index in [9.17, 15) is 4.79 Å². The maximum absolute atomic E-state index is 11.8. The molecular weight excluding hydrogens is 300 g/mol. The predicted octanol–water partition coefficient (Wildman–Crippen LogP) is 2.58. The van der Waals surface area contributed by atoms with Crippen LogP contribution in [0.2, 0.25) is 0 Å². The van der Waals surface area contributed by atoms with Gasteiger partial charge in [0.2, 0.25) is 0 Å². The number of rotatable bonds is 7. The van der Waals surface area contributed by atoms with Crippen LogP contribution in [0.25, 0.3) is 0 Å². The number of methoxy groups -OCH3 is 1. The molecule has 126 valence electrons. The number of esters is 1. The fourth-order valence-electron chi connectivity index (χ4n) is 3.20. The molecule has 0 spiro atoms.